The highest BCUT2D eigenvalue weighted by Gasteiger charge is 2.63. The summed E-state index contributed by atoms with van der Waals surface area (Å²) >= 11 is 0. The van der Waals surface area contributed by atoms with Gasteiger partial charge in [-0.3, -0.25) is 24.0 Å². The molecule has 0 aromatic carbocycles. The summed E-state index contributed by atoms with van der Waals surface area (Å²) in [5.74, 6) is -4.85. The monoisotopic (exact) mass is 2010 g/mol. The molecule has 0 aromatic rings. The number of aliphatic hydroxyl groups is 30. The third-order valence-corrected chi connectivity index (χ3v) is 25.0. The molecule has 0 aliphatic carbocycles. The third-order valence-electron chi connectivity index (χ3n) is 25.0. The Morgan fingerprint density at radius 3 is 0.803 bits per heavy atom. The van der Waals surface area contributed by atoms with Gasteiger partial charge in [-0.2, -0.15) is 0 Å². The van der Waals surface area contributed by atoms with E-state index in [9.17, 15) is 177 Å². The van der Waals surface area contributed by atoms with Crippen LogP contribution in [0.3, 0.4) is 0 Å². The lowest BCUT2D eigenvalue weighted by Crippen LogP contribution is -2.71. The van der Waals surface area contributed by atoms with Gasteiger partial charge in [0.2, 0.25) is 29.5 Å². The van der Waals surface area contributed by atoms with E-state index in [1.54, 1.807) is 0 Å². The minimum Gasteiger partial charge on any atom is -0.394 e. The molecule has 0 unspecified atom stereocenters. The highest BCUT2D eigenvalue weighted by Crippen LogP contribution is 2.42. The first kappa shape index (κ1) is 113. The number of hydrogen-bond donors (Lipinski definition) is 35. The summed E-state index contributed by atoms with van der Waals surface area (Å²) in [6, 6.07) is -9.70. The van der Waals surface area contributed by atoms with E-state index in [2.05, 4.69) is 26.6 Å². The first-order valence-electron chi connectivity index (χ1n) is 43.6. The average Bonchev–Trinajstić information content (AvgIpc) is 0.873. The molecule has 792 valence electrons. The molecule has 0 spiro atoms. The molecule has 137 heavy (non-hydrogen) atoms. The fourth-order valence-corrected chi connectivity index (χ4v) is 17.7. The average molecular weight is 2010 g/mol. The van der Waals surface area contributed by atoms with Gasteiger partial charge in [0.15, 0.2) is 69.2 Å². The molecule has 0 bridgehead atoms. The Morgan fingerprint density at radius 1 is 0.190 bits per heavy atom. The lowest BCUT2D eigenvalue weighted by atomic mass is 9.93. The molecule has 61 nitrogen and oxygen atoms in total. The van der Waals surface area contributed by atoms with E-state index in [4.69, 9.17) is 99.5 Å². The fraction of sp³-hybridized carbons (Fsp3) is 0.934. The summed E-state index contributed by atoms with van der Waals surface area (Å²) in [5.41, 5.74) is 0. The Labute approximate surface area is 775 Å². The van der Waals surface area contributed by atoms with E-state index in [0.29, 0.717) is 0 Å². The summed E-state index contributed by atoms with van der Waals surface area (Å²) in [6.07, 6.45) is -109. The minimum atomic E-state index is -2.72. The van der Waals surface area contributed by atoms with Gasteiger partial charge in [-0.05, 0) is 0 Å². The number of rotatable bonds is 36. The largest absolute Gasteiger partial charge is 0.394 e. The van der Waals surface area contributed by atoms with Crippen LogP contribution in [0.4, 0.5) is 0 Å². The number of ether oxygens (including phenoxy) is 21. The third kappa shape index (κ3) is 25.2. The van der Waals surface area contributed by atoms with Crippen molar-refractivity contribution in [2.24, 2.45) is 0 Å². The maximum absolute atomic E-state index is 13.4. The van der Waals surface area contributed by atoms with Gasteiger partial charge >= 0.3 is 0 Å². The normalized spacial score (nSPS) is 48.9. The van der Waals surface area contributed by atoms with E-state index in [0.717, 1.165) is 34.6 Å². The Bertz CT molecular complexity index is 3780. The molecule has 11 aliphatic heterocycles. The zero-order valence-corrected chi connectivity index (χ0v) is 73.6. The molecule has 0 saturated carbocycles. The molecular weight excluding hydrogens is 1880 g/mol. The molecule has 11 saturated heterocycles. The number of carbonyl (C=O) groups is 5. The zero-order chi connectivity index (χ0) is 101. The van der Waals surface area contributed by atoms with Crippen LogP contribution in [0.25, 0.3) is 0 Å². The molecule has 0 aromatic heterocycles. The van der Waals surface area contributed by atoms with Crippen LogP contribution in [0.5, 0.6) is 0 Å². The topological polar surface area (TPSA) is 946 Å². The van der Waals surface area contributed by atoms with Crippen LogP contribution < -0.4 is 26.6 Å². The van der Waals surface area contributed by atoms with Crippen molar-refractivity contribution in [1.29, 1.82) is 0 Å². The Balaban J connectivity index is 0.990. The van der Waals surface area contributed by atoms with Crippen molar-refractivity contribution in [3.63, 3.8) is 0 Å². The molecule has 61 heteroatoms. The first-order valence-corrected chi connectivity index (χ1v) is 43.6. The number of carbonyl (C=O) groups excluding carboxylic acids is 5. The van der Waals surface area contributed by atoms with E-state index >= 15 is 0 Å². The van der Waals surface area contributed by atoms with Crippen LogP contribution in [0.2, 0.25) is 0 Å². The number of nitrogens with one attached hydrogen (secondary N) is 5. The predicted octanol–water partition coefficient (Wildman–Crippen LogP) is -24.3. The maximum Gasteiger partial charge on any atom is 0.217 e. The quantitative estimate of drug-likeness (QED) is 0.0277. The van der Waals surface area contributed by atoms with Gasteiger partial charge in [0.1, 0.15) is 268 Å². The highest BCUT2D eigenvalue weighted by molar-refractivity contribution is 5.75. The van der Waals surface area contributed by atoms with Crippen LogP contribution in [-0.2, 0) is 123 Å². The Morgan fingerprint density at radius 2 is 0.416 bits per heavy atom. The summed E-state index contributed by atoms with van der Waals surface area (Å²) in [6.45, 7) is -8.20. The Hall–Kier alpha value is -4.69. The van der Waals surface area contributed by atoms with Crippen molar-refractivity contribution in [1.82, 2.24) is 26.6 Å². The molecule has 35 N–H and O–H groups in total. The van der Waals surface area contributed by atoms with E-state index < -0.39 is 440 Å². The zero-order valence-electron chi connectivity index (χ0n) is 73.6. The second kappa shape index (κ2) is 49.5. The standard InChI is InChI=1S/C76H127N5O56/c1-17(91)77-33-47(105)58(29(13-89)119-66(33)116)130-68-34(78-18(2)92)48(106)59(30(14-90)127-68)131-74-57(115)63(135-76-65(52(110)41(99)25(9-85)126-76)137-70-37(81-21(5)95)62(45(103)28(12-88)122-70)134-73-56(114)51(109)40(98)24(8-84)125-73)46(104)32(128-74)16-118-75-64(136-69-36(80-20(4)94)61(44(102)27(11-87)121-69)133-72-55(113)50(108)39(97)23(7-83)124-72)53(111)42(100)31(129-75)15-117-67-35(79-19(3)93)60(43(101)26(10-86)120-67)132-71-54(112)49(107)38(96)22(6-82)123-71/h22-76,82-90,96-116H,6-16H2,1-5H3,(H,77,91)(H,78,92)(H,79,93)(H,80,94)(H,81,95)/t22-,23-,24-,25-,26-,27-,28-,29-,30-,31-,32-,33-,34-,35-,36-,37-,38+,39+,40+,41-,42-,43-,44-,45-,46-,47-,48-,49+,50+,51+,52+,53+,54-,55-,56-,57+,58-,59-,60-,61-,62-,63+,64+,65+,66-,67-,68+,69+,70+,71+,72+,73+,74+,75+,76-/m1/s1. The number of hydrogen-bond acceptors (Lipinski definition) is 56. The lowest BCUT2D eigenvalue weighted by molar-refractivity contribution is -0.399. The van der Waals surface area contributed by atoms with Gasteiger partial charge in [-0.1, -0.05) is 0 Å². The highest BCUT2D eigenvalue weighted by atomic mass is 16.8. The summed E-state index contributed by atoms with van der Waals surface area (Å²) in [4.78, 5) is 65.3. The van der Waals surface area contributed by atoms with Crippen molar-refractivity contribution >= 4 is 29.5 Å². The van der Waals surface area contributed by atoms with E-state index in [-0.39, 0.29) is 0 Å². The van der Waals surface area contributed by atoms with Crippen molar-refractivity contribution in [2.45, 2.75) is 372 Å². The van der Waals surface area contributed by atoms with Crippen molar-refractivity contribution in [2.75, 3.05) is 72.7 Å². The van der Waals surface area contributed by atoms with Gasteiger partial charge in [0.25, 0.3) is 0 Å². The summed E-state index contributed by atoms with van der Waals surface area (Å²) in [7, 11) is 0. The van der Waals surface area contributed by atoms with Crippen molar-refractivity contribution < 1.29 is 277 Å². The second-order valence-corrected chi connectivity index (χ2v) is 34.6. The van der Waals surface area contributed by atoms with Gasteiger partial charge < -0.3 is 279 Å². The number of aliphatic hydroxyl groups excluding tert-OH is 30. The van der Waals surface area contributed by atoms with Crippen LogP contribution >= 0.6 is 0 Å². The lowest BCUT2D eigenvalue weighted by Gasteiger charge is -2.51. The van der Waals surface area contributed by atoms with Crippen LogP contribution in [0, 0.1) is 0 Å². The van der Waals surface area contributed by atoms with E-state index in [1.165, 1.54) is 0 Å². The maximum atomic E-state index is 13.4. The molecule has 55 atom stereocenters. The molecule has 0 radical (unpaired) electrons. The smallest absolute Gasteiger partial charge is 0.217 e. The van der Waals surface area contributed by atoms with E-state index in [1.807, 2.05) is 0 Å². The first-order chi connectivity index (χ1) is 64.8. The Kier molecular flexibility index (Phi) is 40.7. The van der Waals surface area contributed by atoms with Crippen LogP contribution in [0.15, 0.2) is 0 Å². The van der Waals surface area contributed by atoms with Gasteiger partial charge in [-0.15, -0.1) is 0 Å². The van der Waals surface area contributed by atoms with Crippen molar-refractivity contribution in [3.05, 3.63) is 0 Å². The molecule has 11 fully saturated rings. The minimum absolute atomic E-state index is 0.831. The molecule has 5 amide bonds. The molecule has 11 aliphatic rings. The summed E-state index contributed by atoms with van der Waals surface area (Å²) < 4.78 is 126. The van der Waals surface area contributed by atoms with Crippen molar-refractivity contribution in [3.8, 4) is 0 Å². The fourth-order valence-electron chi connectivity index (χ4n) is 17.7. The molecule has 11 heterocycles. The SMILES string of the molecule is CC(=O)N[C@@H]1[C@@H](O)[C@H](O[C@@H]2O[C@H](CO)[C@@H](O[C@@H]3O[C@H](CO[C@H]4O[C@H](CO[C@@H]5O[C@H](CO)[C@@H](O)[C@H](O[C@@H]6O[C@H](CO)[C@H](O)[C@H](O)[C@H]6O)[C@H]5NC(C)=O)[C@@H](O)[C@H](O)[C@@H]4O[C@@H]4O[C@H](CO)[C@@H](O)[C@H](O[C@@H]5O[C@H](CO)[C@H](O)[C@H](O)[C@H]5O)[C@H]4NC(C)=O)[C@@H](O)[C@H](O[C@H]4O[C@H](CO)[C@@H](O)[C@H](O)[C@@H]4O[C@@H]4O[C@H](CO)[C@@H](O)[C@H](O[C@@H]5O[C@H](CO)[C@H](O)[C@H](O)[C@H]5O)[C@H]4NC(C)=O)[C@@H]3O)[C@H](O)[C@H]2NC(C)=O)[C@@H](CO)O[C@H]1O. The van der Waals surface area contributed by atoms with Crippen LogP contribution in [-0.4, -0.2) is 593 Å². The van der Waals surface area contributed by atoms with Gasteiger partial charge in [-0.25, -0.2) is 0 Å². The second-order valence-electron chi connectivity index (χ2n) is 34.6. The number of amides is 5. The molecule has 11 rings (SSSR count). The summed E-state index contributed by atoms with van der Waals surface area (Å²) in [5, 5.41) is 349. The predicted molar refractivity (Wildman–Crippen MR) is 420 cm³/mol. The van der Waals surface area contributed by atoms with Crippen LogP contribution in [0.1, 0.15) is 34.6 Å². The molecular formula is C76H127N5O56. The van der Waals surface area contributed by atoms with Gasteiger partial charge in [0, 0.05) is 34.6 Å². The van der Waals surface area contributed by atoms with Gasteiger partial charge in [0.05, 0.1) is 72.7 Å².